The smallest absolute Gasteiger partial charge is 0.149 e. The van der Waals surface area contributed by atoms with Crippen LogP contribution >= 0.6 is 11.6 Å². The van der Waals surface area contributed by atoms with Crippen molar-refractivity contribution in [2.45, 2.75) is 12.8 Å². The van der Waals surface area contributed by atoms with E-state index < -0.39 is 0 Å². The Morgan fingerprint density at radius 2 is 2.19 bits per heavy atom. The second-order valence-electron chi connectivity index (χ2n) is 4.07. The van der Waals surface area contributed by atoms with Gasteiger partial charge in [-0.05, 0) is 32.0 Å². The summed E-state index contributed by atoms with van der Waals surface area (Å²) in [7, 11) is 0. The molecule has 0 radical (unpaired) electrons. The Bertz CT molecular complexity index is 350. The van der Waals surface area contributed by atoms with Gasteiger partial charge in [0.15, 0.2) is 0 Å². The Kier molecular flexibility index (Phi) is 3.85. The summed E-state index contributed by atoms with van der Waals surface area (Å²) < 4.78 is 0. The number of nitrogens with zero attached hydrogens (tertiary/aromatic N) is 2. The van der Waals surface area contributed by atoms with Crippen LogP contribution in [0, 0.1) is 0 Å². The zero-order valence-corrected chi connectivity index (χ0v) is 10.0. The topological polar surface area (TPSA) is 54.2 Å². The van der Waals surface area contributed by atoms with Crippen molar-refractivity contribution in [1.29, 1.82) is 0 Å². The lowest BCUT2D eigenvalue weighted by molar-refractivity contribution is 0.352. The highest BCUT2D eigenvalue weighted by Gasteiger charge is 2.10. The lowest BCUT2D eigenvalue weighted by Crippen LogP contribution is -2.26. The van der Waals surface area contributed by atoms with Crippen LogP contribution in [0.25, 0.3) is 0 Å². The molecule has 0 saturated carbocycles. The predicted octanol–water partition coefficient (Wildman–Crippen LogP) is 1.82. The number of anilines is 2. The second-order valence-corrected chi connectivity index (χ2v) is 4.50. The van der Waals surface area contributed by atoms with Gasteiger partial charge >= 0.3 is 0 Å². The van der Waals surface area contributed by atoms with E-state index >= 15 is 0 Å². The molecule has 2 rings (SSSR count). The molecule has 4 nitrogen and oxygen atoms in total. The number of rotatable bonds is 4. The standard InChI is InChI=1S/C11H17ClN4/c12-9-7-10(13)11(15-8-9)14-3-6-16-4-1-2-5-16/h7-8H,1-6,13H2,(H,14,15). The summed E-state index contributed by atoms with van der Waals surface area (Å²) >= 11 is 5.78. The summed E-state index contributed by atoms with van der Waals surface area (Å²) in [5, 5.41) is 3.80. The summed E-state index contributed by atoms with van der Waals surface area (Å²) in [6, 6.07) is 1.72. The van der Waals surface area contributed by atoms with Gasteiger partial charge in [0.25, 0.3) is 0 Å². The highest BCUT2D eigenvalue weighted by molar-refractivity contribution is 6.30. The summed E-state index contributed by atoms with van der Waals surface area (Å²) in [5.74, 6) is 0.726. The van der Waals surface area contributed by atoms with E-state index in [1.54, 1.807) is 12.3 Å². The van der Waals surface area contributed by atoms with Gasteiger partial charge in [-0.15, -0.1) is 0 Å². The minimum absolute atomic E-state index is 0.572. The van der Waals surface area contributed by atoms with Gasteiger partial charge in [0.1, 0.15) is 5.82 Å². The second kappa shape index (κ2) is 5.37. The van der Waals surface area contributed by atoms with E-state index in [0.717, 1.165) is 18.9 Å². The van der Waals surface area contributed by atoms with Crippen LogP contribution in [-0.2, 0) is 0 Å². The number of likely N-dealkylation sites (tertiary alicyclic amines) is 1. The molecule has 1 aromatic heterocycles. The fraction of sp³-hybridized carbons (Fsp3) is 0.545. The van der Waals surface area contributed by atoms with Crippen LogP contribution in [0.15, 0.2) is 12.3 Å². The lowest BCUT2D eigenvalue weighted by Gasteiger charge is -2.15. The Labute approximate surface area is 101 Å². The molecule has 0 aliphatic carbocycles. The number of hydrogen-bond donors (Lipinski definition) is 2. The highest BCUT2D eigenvalue weighted by Crippen LogP contribution is 2.19. The third kappa shape index (κ3) is 3.00. The van der Waals surface area contributed by atoms with Crippen LogP contribution in [0.5, 0.6) is 0 Å². The Hall–Kier alpha value is -1.00. The quantitative estimate of drug-likeness (QED) is 0.843. The molecule has 0 aromatic carbocycles. The third-order valence-electron chi connectivity index (χ3n) is 2.80. The molecule has 16 heavy (non-hydrogen) atoms. The van der Waals surface area contributed by atoms with Crippen LogP contribution in [-0.4, -0.2) is 36.1 Å². The van der Waals surface area contributed by atoms with Crippen molar-refractivity contribution in [2.75, 3.05) is 37.2 Å². The molecule has 0 amide bonds. The molecule has 1 aliphatic rings. The molecule has 1 aromatic rings. The first-order valence-electron chi connectivity index (χ1n) is 5.63. The Morgan fingerprint density at radius 1 is 1.44 bits per heavy atom. The first-order chi connectivity index (χ1) is 7.75. The number of aromatic nitrogens is 1. The van der Waals surface area contributed by atoms with Gasteiger partial charge in [-0.25, -0.2) is 4.98 Å². The maximum absolute atomic E-state index is 5.79. The molecule has 1 fully saturated rings. The summed E-state index contributed by atoms with van der Waals surface area (Å²) in [6.45, 7) is 4.35. The van der Waals surface area contributed by atoms with Gasteiger partial charge in [-0.3, -0.25) is 0 Å². The first-order valence-corrected chi connectivity index (χ1v) is 6.01. The summed E-state index contributed by atoms with van der Waals surface area (Å²) in [4.78, 5) is 6.60. The van der Waals surface area contributed by atoms with E-state index in [9.17, 15) is 0 Å². The number of nitrogens with two attached hydrogens (primary N) is 1. The average molecular weight is 241 g/mol. The van der Waals surface area contributed by atoms with E-state index in [4.69, 9.17) is 17.3 Å². The summed E-state index contributed by atoms with van der Waals surface area (Å²) in [5.41, 5.74) is 6.40. The largest absolute Gasteiger partial charge is 0.396 e. The number of hydrogen-bond acceptors (Lipinski definition) is 4. The number of pyridine rings is 1. The van der Waals surface area contributed by atoms with Crippen LogP contribution in [0.4, 0.5) is 11.5 Å². The number of nitrogen functional groups attached to an aromatic ring is 1. The van der Waals surface area contributed by atoms with Crippen molar-refractivity contribution in [2.24, 2.45) is 0 Å². The molecule has 0 atom stereocenters. The predicted molar refractivity (Wildman–Crippen MR) is 67.8 cm³/mol. The molecule has 0 bridgehead atoms. The molecule has 1 aliphatic heterocycles. The SMILES string of the molecule is Nc1cc(Cl)cnc1NCCN1CCCC1. The normalized spacial score (nSPS) is 16.6. The zero-order chi connectivity index (χ0) is 11.4. The monoisotopic (exact) mass is 240 g/mol. The summed E-state index contributed by atoms with van der Waals surface area (Å²) in [6.07, 6.45) is 4.25. The molecule has 0 spiro atoms. The minimum Gasteiger partial charge on any atom is -0.396 e. The molecule has 88 valence electrons. The number of nitrogens with one attached hydrogen (secondary N) is 1. The highest BCUT2D eigenvalue weighted by atomic mass is 35.5. The molecule has 3 N–H and O–H groups in total. The van der Waals surface area contributed by atoms with Gasteiger partial charge in [0, 0.05) is 19.3 Å². The zero-order valence-electron chi connectivity index (χ0n) is 9.25. The minimum atomic E-state index is 0.572. The van der Waals surface area contributed by atoms with Crippen LogP contribution in [0.2, 0.25) is 5.02 Å². The lowest BCUT2D eigenvalue weighted by atomic mass is 10.4. The van der Waals surface area contributed by atoms with Crippen molar-refractivity contribution in [3.05, 3.63) is 17.3 Å². The molecule has 0 unspecified atom stereocenters. The van der Waals surface area contributed by atoms with Crippen LogP contribution in [0.1, 0.15) is 12.8 Å². The van der Waals surface area contributed by atoms with E-state index in [2.05, 4.69) is 15.2 Å². The Morgan fingerprint density at radius 3 is 2.88 bits per heavy atom. The van der Waals surface area contributed by atoms with Crippen molar-refractivity contribution in [3.63, 3.8) is 0 Å². The Balaban J connectivity index is 1.80. The number of halogens is 1. The molecule has 1 saturated heterocycles. The van der Waals surface area contributed by atoms with E-state index in [1.165, 1.54) is 25.9 Å². The maximum Gasteiger partial charge on any atom is 0.149 e. The first kappa shape index (κ1) is 11.5. The molecule has 5 heteroatoms. The average Bonchev–Trinajstić information content (AvgIpc) is 2.74. The van der Waals surface area contributed by atoms with E-state index in [1.807, 2.05) is 0 Å². The van der Waals surface area contributed by atoms with Crippen LogP contribution < -0.4 is 11.1 Å². The van der Waals surface area contributed by atoms with E-state index in [-0.39, 0.29) is 0 Å². The van der Waals surface area contributed by atoms with Gasteiger partial charge in [0.2, 0.25) is 0 Å². The van der Waals surface area contributed by atoms with Crippen molar-refractivity contribution < 1.29 is 0 Å². The molecule has 2 heterocycles. The fourth-order valence-corrected chi connectivity index (χ4v) is 2.11. The fourth-order valence-electron chi connectivity index (χ4n) is 1.94. The van der Waals surface area contributed by atoms with Crippen molar-refractivity contribution in [3.8, 4) is 0 Å². The van der Waals surface area contributed by atoms with Gasteiger partial charge < -0.3 is 16.0 Å². The van der Waals surface area contributed by atoms with Gasteiger partial charge in [-0.1, -0.05) is 11.6 Å². The molecular formula is C11H17ClN4. The molecular weight excluding hydrogens is 224 g/mol. The van der Waals surface area contributed by atoms with E-state index in [0.29, 0.717) is 10.7 Å². The van der Waals surface area contributed by atoms with Gasteiger partial charge in [-0.2, -0.15) is 0 Å². The van der Waals surface area contributed by atoms with Gasteiger partial charge in [0.05, 0.1) is 10.7 Å². The maximum atomic E-state index is 5.79. The van der Waals surface area contributed by atoms with Crippen molar-refractivity contribution >= 4 is 23.1 Å². The third-order valence-corrected chi connectivity index (χ3v) is 3.01. The van der Waals surface area contributed by atoms with Crippen LogP contribution in [0.3, 0.4) is 0 Å². The van der Waals surface area contributed by atoms with Crippen molar-refractivity contribution in [1.82, 2.24) is 9.88 Å².